The van der Waals surface area contributed by atoms with Gasteiger partial charge in [0.25, 0.3) is 0 Å². The van der Waals surface area contributed by atoms with Crippen LogP contribution >= 0.6 is 0 Å². The number of carbonyl (C=O) groups excluding carboxylic acids is 5. The van der Waals surface area contributed by atoms with E-state index in [0.717, 1.165) is 35.2 Å². The number of H-pyrrole nitrogens is 1. The summed E-state index contributed by atoms with van der Waals surface area (Å²) >= 11 is 0. The van der Waals surface area contributed by atoms with Gasteiger partial charge in [0.1, 0.15) is 23.9 Å². The van der Waals surface area contributed by atoms with Crippen LogP contribution in [0.15, 0.2) is 54.7 Å². The minimum atomic E-state index is -0.795. The lowest BCUT2D eigenvalue weighted by Crippen LogP contribution is -2.54. The lowest BCUT2D eigenvalue weighted by molar-refractivity contribution is -0.139. The molecule has 1 aromatic heterocycles. The van der Waals surface area contributed by atoms with E-state index in [1.54, 1.807) is 16.0 Å². The fourth-order valence-corrected chi connectivity index (χ4v) is 6.84. The smallest absolute Gasteiger partial charge is 0.407 e. The highest BCUT2D eigenvalue weighted by molar-refractivity contribution is 5.99. The highest BCUT2D eigenvalue weighted by Crippen LogP contribution is 2.33. The molecular formula is C38H49N7O7. The van der Waals surface area contributed by atoms with Gasteiger partial charge in [0.15, 0.2) is 0 Å². The molecule has 14 heteroatoms. The van der Waals surface area contributed by atoms with Gasteiger partial charge in [0, 0.05) is 18.8 Å². The summed E-state index contributed by atoms with van der Waals surface area (Å²) in [5, 5.41) is 8.23. The van der Waals surface area contributed by atoms with Crippen LogP contribution in [0, 0.1) is 11.8 Å². The number of benzene rings is 2. The maximum absolute atomic E-state index is 13.5. The second kappa shape index (κ2) is 16.7. The predicted octanol–water partition coefficient (Wildman–Crippen LogP) is 5.10. The first-order chi connectivity index (χ1) is 24.9. The molecule has 2 saturated heterocycles. The van der Waals surface area contributed by atoms with Gasteiger partial charge in [0.2, 0.25) is 17.7 Å². The van der Waals surface area contributed by atoms with Gasteiger partial charge in [-0.2, -0.15) is 0 Å². The van der Waals surface area contributed by atoms with Gasteiger partial charge in [-0.3, -0.25) is 14.4 Å². The van der Waals surface area contributed by atoms with Gasteiger partial charge in [-0.15, -0.1) is 0 Å². The molecule has 4 N–H and O–H groups in total. The summed E-state index contributed by atoms with van der Waals surface area (Å²) in [6, 6.07) is 13.2. The topological polar surface area (TPSA) is 175 Å². The molecule has 5 amide bonds. The van der Waals surface area contributed by atoms with Gasteiger partial charge < -0.3 is 40.2 Å². The summed E-state index contributed by atoms with van der Waals surface area (Å²) in [5.74, 6) is -0.331. The van der Waals surface area contributed by atoms with Crippen LogP contribution in [-0.4, -0.2) is 95.1 Å². The summed E-state index contributed by atoms with van der Waals surface area (Å²) in [4.78, 5) is 75.3. The quantitative estimate of drug-likeness (QED) is 0.212. The van der Waals surface area contributed by atoms with E-state index in [-0.39, 0.29) is 35.6 Å². The summed E-state index contributed by atoms with van der Waals surface area (Å²) in [6.45, 7) is 8.46. The Morgan fingerprint density at radius 1 is 0.731 bits per heavy atom. The van der Waals surface area contributed by atoms with E-state index in [4.69, 9.17) is 4.74 Å². The Hall–Kier alpha value is -5.40. The lowest BCUT2D eigenvalue weighted by Gasteiger charge is -2.30. The first kappa shape index (κ1) is 37.8. The third kappa shape index (κ3) is 8.55. The number of aromatic nitrogens is 2. The number of anilines is 1. The Morgan fingerprint density at radius 2 is 1.23 bits per heavy atom. The number of ether oxygens (including phenoxy) is 2. The predicted molar refractivity (Wildman–Crippen MR) is 195 cm³/mol. The van der Waals surface area contributed by atoms with Gasteiger partial charge in [-0.25, -0.2) is 14.6 Å². The summed E-state index contributed by atoms with van der Waals surface area (Å²) in [5.41, 5.74) is 4.32. The molecule has 3 heterocycles. The molecule has 0 spiro atoms. The maximum atomic E-state index is 13.5. The Morgan fingerprint density at radius 3 is 1.79 bits per heavy atom. The van der Waals surface area contributed by atoms with E-state index in [2.05, 4.69) is 30.7 Å². The Labute approximate surface area is 304 Å². The number of methoxy groups -OCH3 is 2. The second-order valence-electron chi connectivity index (χ2n) is 13.9. The van der Waals surface area contributed by atoms with Crippen molar-refractivity contribution in [3.8, 4) is 22.4 Å². The standard InChI is InChI=1S/C38H49N7O7/c1-22(2)31(42-37(49)51-5)35(47)44-19-7-9-29(44)33-39-21-28(41-33)26-13-11-24(12-14-26)25-15-17-27(18-16-25)40-34(46)30-10-8-20-45(30)36(48)32(23(3)4)43-38(50)52-6/h11-18,21-23,29-32H,7-10,19-20H2,1-6H3,(H,39,41)(H,40,46)(H,42,49)(H,43,50)/t29-,30-,31-,32-/m0/s1. The normalized spacial score (nSPS) is 18.2. The molecule has 0 bridgehead atoms. The number of alkyl carbamates (subject to hydrolysis) is 2. The van der Waals surface area contributed by atoms with Crippen LogP contribution < -0.4 is 16.0 Å². The molecule has 14 nitrogen and oxygen atoms in total. The molecule has 4 atom stereocenters. The molecule has 0 radical (unpaired) electrons. The van der Waals surface area contributed by atoms with E-state index in [1.165, 1.54) is 14.2 Å². The van der Waals surface area contributed by atoms with Crippen molar-refractivity contribution in [3.63, 3.8) is 0 Å². The van der Waals surface area contributed by atoms with Crippen molar-refractivity contribution >= 4 is 35.6 Å². The highest BCUT2D eigenvalue weighted by atomic mass is 16.5. The third-order valence-corrected chi connectivity index (χ3v) is 9.75. The first-order valence-corrected chi connectivity index (χ1v) is 17.8. The van der Waals surface area contributed by atoms with Crippen LogP contribution in [0.2, 0.25) is 0 Å². The number of amides is 5. The van der Waals surface area contributed by atoms with Crippen molar-refractivity contribution in [3.05, 3.63) is 60.6 Å². The van der Waals surface area contributed by atoms with Crippen LogP contribution in [-0.2, 0) is 23.9 Å². The summed E-state index contributed by atoms with van der Waals surface area (Å²) < 4.78 is 9.42. The summed E-state index contributed by atoms with van der Waals surface area (Å²) in [7, 11) is 2.52. The SMILES string of the molecule is COC(=O)N[C@H](C(=O)N1CCC[C@H]1C(=O)Nc1ccc(-c2ccc(-c3cnc([C@@H]4CCCN4C(=O)[C@@H](NC(=O)OC)C(C)C)[nH]3)cc2)cc1)C(C)C. The molecule has 0 unspecified atom stereocenters. The molecule has 2 aromatic carbocycles. The maximum Gasteiger partial charge on any atom is 0.407 e. The monoisotopic (exact) mass is 715 g/mol. The number of rotatable bonds is 11. The molecule has 5 rings (SSSR count). The minimum Gasteiger partial charge on any atom is -0.453 e. The molecule has 2 aliphatic rings. The average molecular weight is 716 g/mol. The second-order valence-corrected chi connectivity index (χ2v) is 13.9. The molecule has 52 heavy (non-hydrogen) atoms. The van der Waals surface area contributed by atoms with Crippen molar-refractivity contribution < 1.29 is 33.4 Å². The number of carbonyl (C=O) groups is 5. The van der Waals surface area contributed by atoms with E-state index >= 15 is 0 Å². The van der Waals surface area contributed by atoms with Gasteiger partial charge in [-0.1, -0.05) is 64.1 Å². The lowest BCUT2D eigenvalue weighted by atomic mass is 10.0. The zero-order valence-corrected chi connectivity index (χ0v) is 30.6. The van der Waals surface area contributed by atoms with Gasteiger partial charge in [-0.05, 0) is 66.3 Å². The highest BCUT2D eigenvalue weighted by Gasteiger charge is 2.39. The number of likely N-dealkylation sites (tertiary alicyclic amines) is 2. The van der Waals surface area contributed by atoms with Crippen molar-refractivity contribution in [2.45, 2.75) is 77.5 Å². The fraction of sp³-hybridized carbons (Fsp3) is 0.474. The number of hydrogen-bond donors (Lipinski definition) is 4. The van der Waals surface area contributed by atoms with Crippen molar-refractivity contribution in [2.24, 2.45) is 11.8 Å². The van der Waals surface area contributed by atoms with E-state index in [1.807, 2.05) is 76.2 Å². The van der Waals surface area contributed by atoms with Crippen molar-refractivity contribution in [1.82, 2.24) is 30.4 Å². The van der Waals surface area contributed by atoms with Gasteiger partial charge in [0.05, 0.1) is 32.2 Å². The molecule has 278 valence electrons. The average Bonchev–Trinajstić information content (AvgIpc) is 3.94. The van der Waals surface area contributed by atoms with Gasteiger partial charge >= 0.3 is 12.2 Å². The van der Waals surface area contributed by atoms with Crippen LogP contribution in [0.3, 0.4) is 0 Å². The Kier molecular flexibility index (Phi) is 12.2. The third-order valence-electron chi connectivity index (χ3n) is 9.75. The molecule has 0 aliphatic carbocycles. The molecule has 2 aliphatic heterocycles. The number of aromatic amines is 1. The van der Waals surface area contributed by atoms with Crippen molar-refractivity contribution in [1.29, 1.82) is 0 Å². The molecule has 2 fully saturated rings. The molecule has 3 aromatic rings. The number of nitrogens with zero attached hydrogens (tertiary/aromatic N) is 3. The molecule has 0 saturated carbocycles. The Balaban J connectivity index is 1.21. The minimum absolute atomic E-state index is 0.115. The number of imidazole rings is 1. The van der Waals surface area contributed by atoms with E-state index in [0.29, 0.717) is 37.4 Å². The summed E-state index contributed by atoms with van der Waals surface area (Å²) in [6.07, 6.45) is 3.27. The zero-order chi connectivity index (χ0) is 37.5. The van der Waals surface area contributed by atoms with Crippen LogP contribution in [0.4, 0.5) is 15.3 Å². The van der Waals surface area contributed by atoms with E-state index in [9.17, 15) is 24.0 Å². The Bertz CT molecular complexity index is 1740. The van der Waals surface area contributed by atoms with E-state index < -0.39 is 30.3 Å². The van der Waals surface area contributed by atoms with Crippen LogP contribution in [0.25, 0.3) is 22.4 Å². The fourth-order valence-electron chi connectivity index (χ4n) is 6.84. The number of nitrogens with one attached hydrogen (secondary N) is 4. The van der Waals surface area contributed by atoms with Crippen molar-refractivity contribution in [2.75, 3.05) is 32.6 Å². The largest absolute Gasteiger partial charge is 0.453 e. The number of hydrogen-bond acceptors (Lipinski definition) is 8. The van der Waals surface area contributed by atoms with Crippen LogP contribution in [0.1, 0.15) is 65.2 Å². The van der Waals surface area contributed by atoms with Crippen LogP contribution in [0.5, 0.6) is 0 Å². The molecular weight excluding hydrogens is 666 g/mol. The zero-order valence-electron chi connectivity index (χ0n) is 30.6. The first-order valence-electron chi connectivity index (χ1n) is 17.8.